The van der Waals surface area contributed by atoms with E-state index in [0.29, 0.717) is 5.92 Å². The zero-order valence-electron chi connectivity index (χ0n) is 13.2. The first-order valence-electron chi connectivity index (χ1n) is 7.59. The van der Waals surface area contributed by atoms with Crippen LogP contribution in [0, 0.1) is 17.8 Å². The molecule has 3 atom stereocenters. The molecule has 0 amide bonds. The second kappa shape index (κ2) is 7.23. The largest absolute Gasteiger partial charge is 0.379 e. The van der Waals surface area contributed by atoms with Crippen molar-refractivity contribution in [3.63, 3.8) is 0 Å². The Kier molecular flexibility index (Phi) is 6.25. The van der Waals surface area contributed by atoms with Gasteiger partial charge in [-0.05, 0) is 70.6 Å². The number of carbonyl (C=O) groups is 1. The number of ether oxygens (including phenoxy) is 1. The second-order valence-corrected chi connectivity index (χ2v) is 6.45. The predicted octanol–water partition coefficient (Wildman–Crippen LogP) is 4.39. The van der Waals surface area contributed by atoms with Gasteiger partial charge in [0, 0.05) is 7.11 Å². The zero-order valence-corrected chi connectivity index (χ0v) is 13.2. The van der Waals surface area contributed by atoms with Crippen LogP contribution in [0.15, 0.2) is 11.6 Å². The molecule has 2 heteroatoms. The van der Waals surface area contributed by atoms with Gasteiger partial charge in [0.05, 0.1) is 5.60 Å². The number of hydrogen-bond acceptors (Lipinski definition) is 2. The Morgan fingerprint density at radius 3 is 2.68 bits per heavy atom. The van der Waals surface area contributed by atoms with Crippen molar-refractivity contribution in [2.24, 2.45) is 17.8 Å². The van der Waals surface area contributed by atoms with E-state index in [0.717, 1.165) is 18.1 Å². The first kappa shape index (κ1) is 16.4. The number of hydrogen-bond donors (Lipinski definition) is 0. The molecule has 0 aromatic rings. The van der Waals surface area contributed by atoms with Gasteiger partial charge in [-0.25, -0.2) is 0 Å². The monoisotopic (exact) mass is 266 g/mol. The van der Waals surface area contributed by atoms with Crippen LogP contribution in [0.5, 0.6) is 0 Å². The summed E-state index contributed by atoms with van der Waals surface area (Å²) in [4.78, 5) is 8.81. The lowest BCUT2D eigenvalue weighted by Crippen LogP contribution is -2.40. The number of rotatable bonds is 3. The molecule has 1 saturated carbocycles. The molecular weight excluding hydrogens is 236 g/mol. The molecule has 2 bridgehead atoms. The Morgan fingerprint density at radius 1 is 1.47 bits per heavy atom. The van der Waals surface area contributed by atoms with Crippen molar-refractivity contribution < 1.29 is 9.53 Å². The second-order valence-electron chi connectivity index (χ2n) is 6.45. The van der Waals surface area contributed by atoms with E-state index >= 15 is 0 Å². The Labute approximate surface area is 118 Å². The van der Waals surface area contributed by atoms with Gasteiger partial charge in [-0.1, -0.05) is 18.6 Å². The minimum absolute atomic E-state index is 0.0213. The van der Waals surface area contributed by atoms with E-state index in [1.807, 2.05) is 7.11 Å². The summed E-state index contributed by atoms with van der Waals surface area (Å²) in [6, 6.07) is 0. The summed E-state index contributed by atoms with van der Waals surface area (Å²) >= 11 is 0. The van der Waals surface area contributed by atoms with E-state index in [1.165, 1.54) is 39.0 Å². The summed E-state index contributed by atoms with van der Waals surface area (Å²) in [5, 5.41) is 0. The van der Waals surface area contributed by atoms with Gasteiger partial charge >= 0.3 is 0 Å². The third-order valence-corrected chi connectivity index (χ3v) is 5.15. The van der Waals surface area contributed by atoms with Crippen molar-refractivity contribution in [1.29, 1.82) is 0 Å². The third kappa shape index (κ3) is 4.17. The van der Waals surface area contributed by atoms with E-state index in [2.05, 4.69) is 26.8 Å². The Balaban J connectivity index is 0.000000550. The smallest absolute Gasteiger partial charge is 0.116 e. The first-order chi connectivity index (χ1) is 8.96. The SMILES string of the molecule is CC=O.COC(C)(C)C(C)C1CC=C2CCCC1C2. The summed E-state index contributed by atoms with van der Waals surface area (Å²) in [6.45, 7) is 8.29. The maximum atomic E-state index is 8.81. The highest BCUT2D eigenvalue weighted by Gasteiger charge is 2.38. The Bertz CT molecular complexity index is 317. The number of fused-ring (bicyclic) bond motifs is 2. The normalized spacial score (nSPS) is 27.7. The molecule has 19 heavy (non-hydrogen) atoms. The van der Waals surface area contributed by atoms with Crippen LogP contribution in [-0.4, -0.2) is 19.0 Å². The highest BCUT2D eigenvalue weighted by atomic mass is 16.5. The molecule has 2 aliphatic rings. The quantitative estimate of drug-likeness (QED) is 0.559. The van der Waals surface area contributed by atoms with E-state index < -0.39 is 0 Å². The molecule has 3 unspecified atom stereocenters. The lowest BCUT2D eigenvalue weighted by Gasteiger charge is -2.43. The van der Waals surface area contributed by atoms with Crippen LogP contribution in [-0.2, 0) is 9.53 Å². The molecule has 2 nitrogen and oxygen atoms in total. The van der Waals surface area contributed by atoms with Crippen molar-refractivity contribution in [2.75, 3.05) is 7.11 Å². The van der Waals surface area contributed by atoms with E-state index in [-0.39, 0.29) is 5.60 Å². The van der Waals surface area contributed by atoms with Gasteiger partial charge in [-0.2, -0.15) is 0 Å². The van der Waals surface area contributed by atoms with Crippen molar-refractivity contribution in [3.8, 4) is 0 Å². The van der Waals surface area contributed by atoms with Crippen LogP contribution in [0.25, 0.3) is 0 Å². The molecule has 2 rings (SSSR count). The molecular formula is C17H30O2. The molecule has 0 radical (unpaired) electrons. The standard InChI is InChI=1S/C15H26O.C2H4O/c1-11(15(2,3)16-4)14-9-8-12-6-5-7-13(14)10-12;1-2-3/h8,11,13-14H,5-7,9-10H2,1-4H3;2H,1H3. The van der Waals surface area contributed by atoms with Crippen LogP contribution in [0.1, 0.15) is 59.8 Å². The number of carbonyl (C=O) groups excluding carboxylic acids is 1. The molecule has 0 aromatic heterocycles. The molecule has 0 saturated heterocycles. The van der Waals surface area contributed by atoms with Crippen LogP contribution < -0.4 is 0 Å². The lowest BCUT2D eigenvalue weighted by molar-refractivity contribution is -0.106. The molecule has 0 spiro atoms. The number of methoxy groups -OCH3 is 1. The molecule has 0 N–H and O–H groups in total. The topological polar surface area (TPSA) is 26.3 Å². The highest BCUT2D eigenvalue weighted by molar-refractivity contribution is 5.44. The lowest BCUT2D eigenvalue weighted by atomic mass is 9.65. The summed E-state index contributed by atoms with van der Waals surface area (Å²) < 4.78 is 5.67. The zero-order chi connectivity index (χ0) is 14.5. The molecule has 1 fully saturated rings. The van der Waals surface area contributed by atoms with Gasteiger partial charge in [-0.3, -0.25) is 0 Å². The predicted molar refractivity (Wildman–Crippen MR) is 80.1 cm³/mol. The summed E-state index contributed by atoms with van der Waals surface area (Å²) in [5.74, 6) is 2.41. The van der Waals surface area contributed by atoms with Crippen molar-refractivity contribution in [1.82, 2.24) is 0 Å². The molecule has 0 aliphatic heterocycles. The van der Waals surface area contributed by atoms with Crippen LogP contribution in [0.2, 0.25) is 0 Å². The fraction of sp³-hybridized carbons (Fsp3) is 0.824. The van der Waals surface area contributed by atoms with Crippen LogP contribution in [0.3, 0.4) is 0 Å². The molecule has 110 valence electrons. The maximum Gasteiger partial charge on any atom is 0.116 e. The van der Waals surface area contributed by atoms with Gasteiger partial charge < -0.3 is 9.53 Å². The van der Waals surface area contributed by atoms with E-state index in [1.54, 1.807) is 5.57 Å². The Morgan fingerprint density at radius 2 is 2.11 bits per heavy atom. The third-order valence-electron chi connectivity index (χ3n) is 5.15. The Hall–Kier alpha value is -0.630. The van der Waals surface area contributed by atoms with Gasteiger partial charge in [0.15, 0.2) is 0 Å². The first-order valence-corrected chi connectivity index (χ1v) is 7.59. The summed E-state index contributed by atoms with van der Waals surface area (Å²) in [5.41, 5.74) is 1.75. The molecule has 0 heterocycles. The molecule has 0 aromatic carbocycles. The fourth-order valence-corrected chi connectivity index (χ4v) is 3.49. The maximum absolute atomic E-state index is 8.81. The van der Waals surface area contributed by atoms with E-state index in [9.17, 15) is 0 Å². The summed E-state index contributed by atoms with van der Waals surface area (Å²) in [7, 11) is 1.85. The van der Waals surface area contributed by atoms with Gasteiger partial charge in [0.25, 0.3) is 0 Å². The van der Waals surface area contributed by atoms with Crippen molar-refractivity contribution >= 4 is 6.29 Å². The van der Waals surface area contributed by atoms with E-state index in [4.69, 9.17) is 9.53 Å². The highest BCUT2D eigenvalue weighted by Crippen LogP contribution is 2.45. The van der Waals surface area contributed by atoms with Gasteiger partial charge in [0.2, 0.25) is 0 Å². The minimum Gasteiger partial charge on any atom is -0.379 e. The van der Waals surface area contributed by atoms with Gasteiger partial charge in [0.1, 0.15) is 6.29 Å². The van der Waals surface area contributed by atoms with Crippen molar-refractivity contribution in [3.05, 3.63) is 11.6 Å². The average Bonchev–Trinajstić information content (AvgIpc) is 2.39. The van der Waals surface area contributed by atoms with Crippen molar-refractivity contribution in [2.45, 2.75) is 65.4 Å². The average molecular weight is 266 g/mol. The number of aldehydes is 1. The summed E-state index contributed by atoms with van der Waals surface area (Å²) in [6.07, 6.45) is 10.1. The molecule has 2 aliphatic carbocycles. The fourth-order valence-electron chi connectivity index (χ4n) is 3.49. The van der Waals surface area contributed by atoms with Gasteiger partial charge in [-0.15, -0.1) is 0 Å². The van der Waals surface area contributed by atoms with Crippen LogP contribution in [0.4, 0.5) is 0 Å². The number of allylic oxidation sites excluding steroid dienone is 2. The van der Waals surface area contributed by atoms with Crippen LogP contribution >= 0.6 is 0 Å². The minimum atomic E-state index is 0.0213.